The highest BCUT2D eigenvalue weighted by atomic mass is 35.5. The summed E-state index contributed by atoms with van der Waals surface area (Å²) >= 11 is 5.98. The van der Waals surface area contributed by atoms with Crippen molar-refractivity contribution >= 4 is 17.5 Å². The van der Waals surface area contributed by atoms with Gasteiger partial charge in [-0.05, 0) is 48.7 Å². The average molecular weight is 322 g/mol. The predicted molar refractivity (Wildman–Crippen MR) is 80.8 cm³/mol. The minimum Gasteiger partial charge on any atom is -0.332 e. The third-order valence-corrected chi connectivity index (χ3v) is 4.24. The van der Waals surface area contributed by atoms with Crippen LogP contribution < -0.4 is 0 Å². The third kappa shape index (κ3) is 2.83. The molecule has 1 aliphatic rings. The summed E-state index contributed by atoms with van der Waals surface area (Å²) in [6.45, 7) is 0.606. The van der Waals surface area contributed by atoms with Gasteiger partial charge in [0, 0.05) is 6.54 Å². The summed E-state index contributed by atoms with van der Waals surface area (Å²) in [6.07, 6.45) is 1.68. The van der Waals surface area contributed by atoms with E-state index in [9.17, 15) is 13.6 Å². The van der Waals surface area contributed by atoms with Gasteiger partial charge >= 0.3 is 0 Å². The van der Waals surface area contributed by atoms with E-state index in [4.69, 9.17) is 11.6 Å². The summed E-state index contributed by atoms with van der Waals surface area (Å²) in [5.74, 6) is -1.00. The van der Waals surface area contributed by atoms with E-state index in [1.807, 2.05) is 0 Å². The molecule has 2 aromatic rings. The van der Waals surface area contributed by atoms with Gasteiger partial charge in [-0.2, -0.15) is 0 Å². The van der Waals surface area contributed by atoms with Gasteiger partial charge in [-0.1, -0.05) is 23.7 Å². The molecule has 1 fully saturated rings. The predicted octanol–water partition coefficient (Wildman–Crippen LogP) is 4.60. The van der Waals surface area contributed by atoms with Crippen LogP contribution in [0.15, 0.2) is 42.5 Å². The van der Waals surface area contributed by atoms with Crippen LogP contribution in [0.4, 0.5) is 8.78 Å². The molecule has 0 bridgehead atoms. The number of rotatable bonds is 2. The maximum absolute atomic E-state index is 13.1. The van der Waals surface area contributed by atoms with Crippen molar-refractivity contribution < 1.29 is 13.6 Å². The highest BCUT2D eigenvalue weighted by Gasteiger charge is 2.31. The van der Waals surface area contributed by atoms with Crippen LogP contribution in [-0.4, -0.2) is 17.4 Å². The first-order chi connectivity index (χ1) is 10.6. The van der Waals surface area contributed by atoms with Gasteiger partial charge in [0.1, 0.15) is 11.6 Å². The molecule has 2 nitrogen and oxygen atoms in total. The van der Waals surface area contributed by atoms with E-state index in [1.54, 1.807) is 17.0 Å². The van der Waals surface area contributed by atoms with Gasteiger partial charge in [-0.25, -0.2) is 8.78 Å². The molecule has 1 aliphatic heterocycles. The smallest absolute Gasteiger partial charge is 0.255 e. The van der Waals surface area contributed by atoms with Gasteiger partial charge < -0.3 is 4.90 Å². The summed E-state index contributed by atoms with van der Waals surface area (Å²) in [5, 5.41) is 0.106. The summed E-state index contributed by atoms with van der Waals surface area (Å²) in [7, 11) is 0. The Labute approximate surface area is 132 Å². The van der Waals surface area contributed by atoms with Crippen molar-refractivity contribution in [3.63, 3.8) is 0 Å². The highest BCUT2D eigenvalue weighted by Crippen LogP contribution is 2.34. The van der Waals surface area contributed by atoms with E-state index in [0.717, 1.165) is 24.5 Å². The largest absolute Gasteiger partial charge is 0.332 e. The first kappa shape index (κ1) is 15.0. The quantitative estimate of drug-likeness (QED) is 0.792. The van der Waals surface area contributed by atoms with Crippen molar-refractivity contribution in [1.29, 1.82) is 0 Å². The van der Waals surface area contributed by atoms with Crippen LogP contribution in [0.5, 0.6) is 0 Å². The van der Waals surface area contributed by atoms with E-state index in [-0.39, 0.29) is 28.4 Å². The molecule has 5 heteroatoms. The molecule has 2 aromatic carbocycles. The Bertz CT molecular complexity index is 702. The molecule has 0 aromatic heterocycles. The molecule has 0 spiro atoms. The van der Waals surface area contributed by atoms with Crippen LogP contribution in [0.3, 0.4) is 0 Å². The van der Waals surface area contributed by atoms with E-state index in [2.05, 4.69) is 0 Å². The lowest BCUT2D eigenvalue weighted by Crippen LogP contribution is -2.30. The number of likely N-dealkylation sites (tertiary alicyclic amines) is 1. The summed E-state index contributed by atoms with van der Waals surface area (Å²) in [6, 6.07) is 9.83. The van der Waals surface area contributed by atoms with Crippen molar-refractivity contribution in [1.82, 2.24) is 4.90 Å². The topological polar surface area (TPSA) is 20.3 Å². The van der Waals surface area contributed by atoms with Crippen LogP contribution in [0.2, 0.25) is 5.02 Å². The van der Waals surface area contributed by atoms with Gasteiger partial charge in [0.15, 0.2) is 0 Å². The SMILES string of the molecule is O=C(c1ccc(F)cc1Cl)N1CCCC1c1ccc(F)cc1. The normalized spacial score (nSPS) is 17.8. The summed E-state index contributed by atoms with van der Waals surface area (Å²) in [4.78, 5) is 14.4. The minimum absolute atomic E-state index is 0.103. The van der Waals surface area contributed by atoms with Crippen LogP contribution >= 0.6 is 11.6 Å². The van der Waals surface area contributed by atoms with E-state index in [1.165, 1.54) is 24.3 Å². The standard InChI is InChI=1S/C17H14ClF2NO/c18-15-10-13(20)7-8-14(15)17(22)21-9-1-2-16(21)11-3-5-12(19)6-4-11/h3-8,10,16H,1-2,9H2. The second kappa shape index (κ2) is 6.05. The Morgan fingerprint density at radius 2 is 1.77 bits per heavy atom. The lowest BCUT2D eigenvalue weighted by molar-refractivity contribution is 0.0736. The first-order valence-corrected chi connectivity index (χ1v) is 7.45. The number of hydrogen-bond acceptors (Lipinski definition) is 1. The lowest BCUT2D eigenvalue weighted by Gasteiger charge is -2.25. The van der Waals surface area contributed by atoms with Crippen molar-refractivity contribution in [2.75, 3.05) is 6.54 Å². The molecule has 0 N–H and O–H groups in total. The monoisotopic (exact) mass is 321 g/mol. The molecule has 22 heavy (non-hydrogen) atoms. The molecular weight excluding hydrogens is 308 g/mol. The van der Waals surface area contributed by atoms with Crippen LogP contribution in [0.25, 0.3) is 0 Å². The molecule has 1 heterocycles. The summed E-state index contributed by atoms with van der Waals surface area (Å²) in [5.41, 5.74) is 1.18. The Kier molecular flexibility index (Phi) is 4.12. The Balaban J connectivity index is 1.89. The Morgan fingerprint density at radius 1 is 1.09 bits per heavy atom. The first-order valence-electron chi connectivity index (χ1n) is 7.08. The van der Waals surface area contributed by atoms with Crippen LogP contribution in [0.1, 0.15) is 34.8 Å². The average Bonchev–Trinajstić information content (AvgIpc) is 2.97. The maximum atomic E-state index is 13.1. The number of amides is 1. The number of carbonyl (C=O) groups is 1. The Hall–Kier alpha value is -1.94. The zero-order chi connectivity index (χ0) is 15.7. The molecule has 1 atom stereocenters. The second-order valence-corrected chi connectivity index (χ2v) is 5.74. The molecule has 0 radical (unpaired) electrons. The molecule has 1 amide bonds. The van der Waals surface area contributed by atoms with Crippen molar-refractivity contribution in [3.8, 4) is 0 Å². The van der Waals surface area contributed by atoms with Crippen LogP contribution in [-0.2, 0) is 0 Å². The van der Waals surface area contributed by atoms with Crippen molar-refractivity contribution in [2.45, 2.75) is 18.9 Å². The van der Waals surface area contributed by atoms with Crippen LogP contribution in [0, 0.1) is 11.6 Å². The van der Waals surface area contributed by atoms with E-state index < -0.39 is 5.82 Å². The highest BCUT2D eigenvalue weighted by molar-refractivity contribution is 6.33. The zero-order valence-corrected chi connectivity index (χ0v) is 12.5. The molecule has 1 saturated heterocycles. The van der Waals surface area contributed by atoms with E-state index >= 15 is 0 Å². The fraction of sp³-hybridized carbons (Fsp3) is 0.235. The van der Waals surface area contributed by atoms with E-state index in [0.29, 0.717) is 6.54 Å². The minimum atomic E-state index is -0.474. The lowest BCUT2D eigenvalue weighted by atomic mass is 10.0. The van der Waals surface area contributed by atoms with Gasteiger partial charge in [0.05, 0.1) is 16.6 Å². The zero-order valence-electron chi connectivity index (χ0n) is 11.7. The summed E-state index contributed by atoms with van der Waals surface area (Å²) < 4.78 is 26.2. The molecule has 1 unspecified atom stereocenters. The third-order valence-electron chi connectivity index (χ3n) is 3.93. The van der Waals surface area contributed by atoms with Gasteiger partial charge in [0.25, 0.3) is 5.91 Å². The molecule has 0 aliphatic carbocycles. The number of carbonyl (C=O) groups excluding carboxylic acids is 1. The fourth-order valence-electron chi connectivity index (χ4n) is 2.86. The maximum Gasteiger partial charge on any atom is 0.255 e. The Morgan fingerprint density at radius 3 is 2.45 bits per heavy atom. The number of hydrogen-bond donors (Lipinski definition) is 0. The van der Waals surface area contributed by atoms with Crippen molar-refractivity contribution in [3.05, 3.63) is 70.2 Å². The molecule has 0 saturated carbocycles. The molecule has 3 rings (SSSR count). The number of benzene rings is 2. The fourth-order valence-corrected chi connectivity index (χ4v) is 3.11. The molecular formula is C17H14ClF2NO. The number of nitrogens with zero attached hydrogens (tertiary/aromatic N) is 1. The number of halogens is 3. The van der Waals surface area contributed by atoms with Gasteiger partial charge in [-0.15, -0.1) is 0 Å². The van der Waals surface area contributed by atoms with Gasteiger partial charge in [0.2, 0.25) is 0 Å². The van der Waals surface area contributed by atoms with Crippen molar-refractivity contribution in [2.24, 2.45) is 0 Å². The molecule has 114 valence electrons. The van der Waals surface area contributed by atoms with Gasteiger partial charge in [-0.3, -0.25) is 4.79 Å². The second-order valence-electron chi connectivity index (χ2n) is 5.33.